The molecule has 112 valence electrons. The fourth-order valence-electron chi connectivity index (χ4n) is 2.49. The van der Waals surface area contributed by atoms with Crippen LogP contribution in [0.5, 0.6) is 0 Å². The van der Waals surface area contributed by atoms with Gasteiger partial charge < -0.3 is 10.4 Å². The molecule has 2 aromatic carbocycles. The lowest BCUT2D eigenvalue weighted by atomic mass is 10.1. The average Bonchev–Trinajstić information content (AvgIpc) is 2.55. The molecule has 0 saturated heterocycles. The number of hydrogen-bond acceptors (Lipinski definition) is 4. The highest BCUT2D eigenvalue weighted by Gasteiger charge is 2.32. The molecule has 0 bridgehead atoms. The molecule has 2 N–H and O–H groups in total. The zero-order valence-electron chi connectivity index (χ0n) is 11.5. The van der Waals surface area contributed by atoms with Gasteiger partial charge in [-0.25, -0.2) is 13.2 Å². The molecule has 0 radical (unpaired) electrons. The van der Waals surface area contributed by atoms with Gasteiger partial charge in [-0.15, -0.1) is 0 Å². The first kappa shape index (κ1) is 14.3. The molecule has 7 heteroatoms. The number of nitrogens with one attached hydrogen (secondary N) is 1. The van der Waals surface area contributed by atoms with Crippen molar-refractivity contribution in [1.29, 1.82) is 0 Å². The van der Waals surface area contributed by atoms with Crippen LogP contribution in [0.25, 0.3) is 0 Å². The van der Waals surface area contributed by atoms with E-state index in [4.69, 9.17) is 5.11 Å². The van der Waals surface area contributed by atoms with Crippen LogP contribution in [0, 0.1) is 6.92 Å². The Morgan fingerprint density at radius 2 is 1.77 bits per heavy atom. The second-order valence-corrected chi connectivity index (χ2v) is 6.76. The lowest BCUT2D eigenvalue weighted by Gasteiger charge is -2.12. The van der Waals surface area contributed by atoms with Crippen LogP contribution in [0.2, 0.25) is 0 Å². The third-order valence-electron chi connectivity index (χ3n) is 3.61. The quantitative estimate of drug-likeness (QED) is 0.839. The van der Waals surface area contributed by atoms with Crippen LogP contribution in [0.1, 0.15) is 26.3 Å². The number of fused-ring (bicyclic) bond motifs is 2. The third-order valence-corrected chi connectivity index (χ3v) is 5.46. The molecule has 0 unspecified atom stereocenters. The highest BCUT2D eigenvalue weighted by Crippen LogP contribution is 2.36. The van der Waals surface area contributed by atoms with Crippen LogP contribution in [-0.4, -0.2) is 25.4 Å². The van der Waals surface area contributed by atoms with Gasteiger partial charge in [0, 0.05) is 0 Å². The predicted molar refractivity (Wildman–Crippen MR) is 78.0 cm³/mol. The highest BCUT2D eigenvalue weighted by molar-refractivity contribution is 7.91. The molecule has 0 fully saturated rings. The monoisotopic (exact) mass is 317 g/mol. The average molecular weight is 317 g/mol. The van der Waals surface area contributed by atoms with Crippen molar-refractivity contribution in [3.8, 4) is 0 Å². The minimum absolute atomic E-state index is 0.0149. The fourth-order valence-corrected chi connectivity index (χ4v) is 4.15. The van der Waals surface area contributed by atoms with Crippen LogP contribution in [-0.2, 0) is 9.84 Å². The van der Waals surface area contributed by atoms with E-state index in [0.29, 0.717) is 0 Å². The van der Waals surface area contributed by atoms with Gasteiger partial charge in [0.25, 0.3) is 5.91 Å². The number of anilines is 1. The second kappa shape index (κ2) is 4.67. The SMILES string of the molecule is Cc1c(C(=O)O)ccc2c1NC(=O)c1ccccc1S2(=O)=O. The lowest BCUT2D eigenvalue weighted by molar-refractivity contribution is 0.0695. The normalized spacial score (nSPS) is 15.2. The Bertz CT molecular complexity index is 931. The Balaban J connectivity index is 2.40. The van der Waals surface area contributed by atoms with Crippen molar-refractivity contribution in [1.82, 2.24) is 0 Å². The molecule has 1 heterocycles. The maximum absolute atomic E-state index is 12.8. The number of carbonyl (C=O) groups excluding carboxylic acids is 1. The first-order chi connectivity index (χ1) is 10.3. The van der Waals surface area contributed by atoms with Gasteiger partial charge in [-0.2, -0.15) is 0 Å². The fraction of sp³-hybridized carbons (Fsp3) is 0.0667. The maximum atomic E-state index is 12.8. The van der Waals surface area contributed by atoms with Crippen molar-refractivity contribution >= 4 is 27.4 Å². The second-order valence-electron chi connectivity index (χ2n) is 4.87. The smallest absolute Gasteiger partial charge is 0.336 e. The van der Waals surface area contributed by atoms with E-state index in [1.54, 1.807) is 6.07 Å². The zero-order valence-corrected chi connectivity index (χ0v) is 12.3. The summed E-state index contributed by atoms with van der Waals surface area (Å²) in [7, 11) is -3.91. The number of benzene rings is 2. The Hall–Kier alpha value is -2.67. The summed E-state index contributed by atoms with van der Waals surface area (Å²) in [5.41, 5.74) is 0.200. The number of carbonyl (C=O) groups is 2. The van der Waals surface area contributed by atoms with Crippen molar-refractivity contribution < 1.29 is 23.1 Å². The maximum Gasteiger partial charge on any atom is 0.336 e. The molecule has 0 atom stereocenters. The molecule has 22 heavy (non-hydrogen) atoms. The largest absolute Gasteiger partial charge is 0.478 e. The van der Waals surface area contributed by atoms with Crippen LogP contribution in [0.3, 0.4) is 0 Å². The molecule has 0 saturated carbocycles. The van der Waals surface area contributed by atoms with Gasteiger partial charge in [0.2, 0.25) is 9.84 Å². The van der Waals surface area contributed by atoms with Crippen LogP contribution < -0.4 is 5.32 Å². The van der Waals surface area contributed by atoms with Crippen LogP contribution in [0.15, 0.2) is 46.2 Å². The molecule has 1 amide bonds. The number of aromatic carboxylic acids is 1. The first-order valence-corrected chi connectivity index (χ1v) is 7.84. The van der Waals surface area contributed by atoms with Crippen molar-refractivity contribution in [2.24, 2.45) is 0 Å². The van der Waals surface area contributed by atoms with E-state index in [2.05, 4.69) is 5.32 Å². The van der Waals surface area contributed by atoms with Gasteiger partial charge in [0.1, 0.15) is 0 Å². The Labute approximate surface area is 126 Å². The van der Waals surface area contributed by atoms with E-state index < -0.39 is 21.7 Å². The van der Waals surface area contributed by atoms with Crippen molar-refractivity contribution in [3.05, 3.63) is 53.1 Å². The molecule has 1 aliphatic heterocycles. The van der Waals surface area contributed by atoms with E-state index in [1.807, 2.05) is 0 Å². The molecular formula is C15H11NO5S. The molecule has 3 rings (SSSR count). The number of carboxylic acids is 1. The lowest BCUT2D eigenvalue weighted by Crippen LogP contribution is -2.13. The summed E-state index contributed by atoms with van der Waals surface area (Å²) in [6.07, 6.45) is 0. The van der Waals surface area contributed by atoms with Crippen molar-refractivity contribution in [2.75, 3.05) is 5.32 Å². The van der Waals surface area contributed by atoms with Crippen LogP contribution in [0.4, 0.5) is 5.69 Å². The van der Waals surface area contributed by atoms with Gasteiger partial charge in [-0.05, 0) is 36.8 Å². The summed E-state index contributed by atoms with van der Waals surface area (Å²) in [4.78, 5) is 23.3. The van der Waals surface area contributed by atoms with E-state index in [0.717, 1.165) is 0 Å². The first-order valence-electron chi connectivity index (χ1n) is 6.36. The molecule has 0 aromatic heterocycles. The van der Waals surface area contributed by atoms with Gasteiger partial charge >= 0.3 is 5.97 Å². The van der Waals surface area contributed by atoms with Gasteiger partial charge in [-0.3, -0.25) is 4.79 Å². The van der Waals surface area contributed by atoms with E-state index in [9.17, 15) is 18.0 Å². The zero-order chi connectivity index (χ0) is 16.1. The van der Waals surface area contributed by atoms with Gasteiger partial charge in [0.15, 0.2) is 0 Å². The molecule has 6 nitrogen and oxygen atoms in total. The molecule has 0 aliphatic carbocycles. The minimum Gasteiger partial charge on any atom is -0.478 e. The van der Waals surface area contributed by atoms with Crippen LogP contribution >= 0.6 is 0 Å². The standard InChI is InChI=1S/C15H11NO5S/c1-8-9(15(18)19)6-7-12-13(8)16-14(17)10-4-2-3-5-11(10)22(12,20)21/h2-7H,1H3,(H,16,17)(H,18,19). The van der Waals surface area contributed by atoms with E-state index in [1.165, 1.54) is 37.3 Å². The Kier molecular flexibility index (Phi) is 3.03. The van der Waals surface area contributed by atoms with Crippen molar-refractivity contribution in [2.45, 2.75) is 16.7 Å². The summed E-state index contributed by atoms with van der Waals surface area (Å²) in [6, 6.07) is 8.32. The number of carboxylic acid groups (broad SMARTS) is 1. The number of rotatable bonds is 1. The molecule has 1 aliphatic rings. The Morgan fingerprint density at radius 3 is 2.45 bits per heavy atom. The van der Waals surface area contributed by atoms with Gasteiger partial charge in [0.05, 0.1) is 26.6 Å². The van der Waals surface area contributed by atoms with Gasteiger partial charge in [-0.1, -0.05) is 12.1 Å². The number of amides is 1. The topological polar surface area (TPSA) is 101 Å². The predicted octanol–water partition coefficient (Wildman–Crippen LogP) is 2.09. The number of sulfone groups is 1. The summed E-state index contributed by atoms with van der Waals surface area (Å²) in [6.45, 7) is 1.47. The summed E-state index contributed by atoms with van der Waals surface area (Å²) in [5, 5.41) is 11.7. The molecule has 2 aromatic rings. The Morgan fingerprint density at radius 1 is 1.09 bits per heavy atom. The molecule has 0 spiro atoms. The van der Waals surface area contributed by atoms with E-state index in [-0.39, 0.29) is 32.2 Å². The highest BCUT2D eigenvalue weighted by atomic mass is 32.2. The molecular weight excluding hydrogens is 306 g/mol. The summed E-state index contributed by atoms with van der Waals surface area (Å²) in [5.74, 6) is -1.77. The minimum atomic E-state index is -3.91. The third kappa shape index (κ3) is 1.90. The summed E-state index contributed by atoms with van der Waals surface area (Å²) >= 11 is 0. The number of hydrogen-bond donors (Lipinski definition) is 2. The van der Waals surface area contributed by atoms with Crippen molar-refractivity contribution in [3.63, 3.8) is 0 Å². The summed E-state index contributed by atoms with van der Waals surface area (Å²) < 4.78 is 25.5. The van der Waals surface area contributed by atoms with E-state index >= 15 is 0 Å².